The van der Waals surface area contributed by atoms with Crippen LogP contribution in [0, 0.1) is 0 Å². The van der Waals surface area contributed by atoms with Crippen LogP contribution in [0.3, 0.4) is 0 Å². The lowest BCUT2D eigenvalue weighted by molar-refractivity contribution is 0.277. The van der Waals surface area contributed by atoms with Crippen LogP contribution in [0.4, 0.5) is 5.69 Å². The predicted molar refractivity (Wildman–Crippen MR) is 71.3 cm³/mol. The van der Waals surface area contributed by atoms with Crippen LogP contribution < -0.4 is 5.73 Å². The maximum Gasteiger partial charge on any atom is 0.109 e. The van der Waals surface area contributed by atoms with Crippen molar-refractivity contribution in [1.29, 1.82) is 0 Å². The zero-order chi connectivity index (χ0) is 13.0. The Morgan fingerprint density at radius 3 is 2.67 bits per heavy atom. The molecular weight excluding hydrogens is 230 g/mol. The van der Waals surface area contributed by atoms with Gasteiger partial charge < -0.3 is 20.5 Å². The number of aromatic nitrogens is 2. The standard InChI is InChI=1S/C13H19N3O2/c14-10-4-5-12-11(9-10)15-13(3-1-7-17)16(12)6-2-8-18/h4-5,9,17-18H,1-3,6-8,14H2. The number of fused-ring (bicyclic) bond motifs is 1. The second-order valence-electron chi connectivity index (χ2n) is 4.33. The van der Waals surface area contributed by atoms with E-state index in [1.54, 1.807) is 0 Å². The van der Waals surface area contributed by atoms with Crippen LogP contribution in [0.2, 0.25) is 0 Å². The van der Waals surface area contributed by atoms with Gasteiger partial charge >= 0.3 is 0 Å². The van der Waals surface area contributed by atoms with Gasteiger partial charge in [-0.1, -0.05) is 0 Å². The maximum absolute atomic E-state index is 8.95. The molecule has 5 nitrogen and oxygen atoms in total. The molecule has 98 valence electrons. The minimum Gasteiger partial charge on any atom is -0.399 e. The number of aliphatic hydroxyl groups excluding tert-OH is 2. The number of aliphatic hydroxyl groups is 2. The van der Waals surface area contributed by atoms with E-state index < -0.39 is 0 Å². The molecule has 4 N–H and O–H groups in total. The highest BCUT2D eigenvalue weighted by atomic mass is 16.3. The highest BCUT2D eigenvalue weighted by Gasteiger charge is 2.10. The first-order valence-corrected chi connectivity index (χ1v) is 6.22. The molecule has 0 atom stereocenters. The fourth-order valence-electron chi connectivity index (χ4n) is 2.10. The average molecular weight is 249 g/mol. The van der Waals surface area contributed by atoms with E-state index >= 15 is 0 Å². The van der Waals surface area contributed by atoms with E-state index in [-0.39, 0.29) is 13.2 Å². The third-order valence-corrected chi connectivity index (χ3v) is 2.95. The lowest BCUT2D eigenvalue weighted by Crippen LogP contribution is -2.06. The van der Waals surface area contributed by atoms with Gasteiger partial charge in [0.25, 0.3) is 0 Å². The number of nitrogens with zero attached hydrogens (tertiary/aromatic N) is 2. The topological polar surface area (TPSA) is 84.3 Å². The molecule has 0 aliphatic rings. The summed E-state index contributed by atoms with van der Waals surface area (Å²) in [5.41, 5.74) is 8.36. The van der Waals surface area contributed by atoms with Crippen LogP contribution in [0.25, 0.3) is 11.0 Å². The molecule has 1 aromatic heterocycles. The summed E-state index contributed by atoms with van der Waals surface area (Å²) >= 11 is 0. The van der Waals surface area contributed by atoms with E-state index in [9.17, 15) is 0 Å². The average Bonchev–Trinajstić information content (AvgIpc) is 2.70. The Hall–Kier alpha value is -1.59. The molecule has 2 rings (SSSR count). The Balaban J connectivity index is 2.39. The summed E-state index contributed by atoms with van der Waals surface area (Å²) in [6.07, 6.45) is 2.12. The maximum atomic E-state index is 8.95. The molecule has 0 spiro atoms. The van der Waals surface area contributed by atoms with Gasteiger partial charge in [0.1, 0.15) is 5.82 Å². The molecule has 0 radical (unpaired) electrons. The van der Waals surface area contributed by atoms with Crippen LogP contribution in [-0.4, -0.2) is 33.0 Å². The van der Waals surface area contributed by atoms with E-state index in [2.05, 4.69) is 9.55 Å². The van der Waals surface area contributed by atoms with Crippen molar-refractivity contribution in [3.05, 3.63) is 24.0 Å². The van der Waals surface area contributed by atoms with Gasteiger partial charge in [0.05, 0.1) is 11.0 Å². The second kappa shape index (κ2) is 5.84. The number of anilines is 1. The van der Waals surface area contributed by atoms with Gasteiger partial charge in [0.2, 0.25) is 0 Å². The summed E-state index contributed by atoms with van der Waals surface area (Å²) in [5, 5.41) is 17.9. The SMILES string of the molecule is Nc1ccc2c(c1)nc(CCCO)n2CCCO. The smallest absolute Gasteiger partial charge is 0.109 e. The number of rotatable bonds is 6. The summed E-state index contributed by atoms with van der Waals surface area (Å²) in [7, 11) is 0. The van der Waals surface area contributed by atoms with Gasteiger partial charge in [-0.15, -0.1) is 0 Å². The van der Waals surface area contributed by atoms with Crippen LogP contribution in [0.15, 0.2) is 18.2 Å². The van der Waals surface area contributed by atoms with Crippen LogP contribution in [0.1, 0.15) is 18.7 Å². The van der Waals surface area contributed by atoms with Crippen molar-refractivity contribution in [1.82, 2.24) is 9.55 Å². The Morgan fingerprint density at radius 1 is 1.17 bits per heavy atom. The molecule has 0 saturated heterocycles. The summed E-state index contributed by atoms with van der Waals surface area (Å²) in [6.45, 7) is 1.05. The Morgan fingerprint density at radius 2 is 1.94 bits per heavy atom. The molecule has 0 fully saturated rings. The Labute approximate surface area is 106 Å². The third kappa shape index (κ3) is 2.63. The van der Waals surface area contributed by atoms with Crippen molar-refractivity contribution in [2.24, 2.45) is 0 Å². The van der Waals surface area contributed by atoms with Crippen molar-refractivity contribution in [2.75, 3.05) is 18.9 Å². The van der Waals surface area contributed by atoms with Gasteiger partial charge in [0, 0.05) is 31.9 Å². The van der Waals surface area contributed by atoms with E-state index in [0.717, 1.165) is 29.8 Å². The molecule has 2 aromatic rings. The number of nitrogens with two attached hydrogens (primary N) is 1. The molecule has 1 heterocycles. The van der Waals surface area contributed by atoms with Crippen LogP contribution in [-0.2, 0) is 13.0 Å². The van der Waals surface area contributed by atoms with Crippen molar-refractivity contribution in [3.8, 4) is 0 Å². The third-order valence-electron chi connectivity index (χ3n) is 2.95. The van der Waals surface area contributed by atoms with Crippen LogP contribution in [0.5, 0.6) is 0 Å². The van der Waals surface area contributed by atoms with E-state index in [0.29, 0.717) is 18.5 Å². The number of hydrogen-bond acceptors (Lipinski definition) is 4. The molecular formula is C13H19N3O2. The number of nitrogen functional groups attached to an aromatic ring is 1. The Kier molecular flexibility index (Phi) is 4.17. The van der Waals surface area contributed by atoms with Gasteiger partial charge in [-0.3, -0.25) is 0 Å². The van der Waals surface area contributed by atoms with E-state index in [4.69, 9.17) is 15.9 Å². The fourth-order valence-corrected chi connectivity index (χ4v) is 2.10. The lowest BCUT2D eigenvalue weighted by Gasteiger charge is -2.07. The van der Waals surface area contributed by atoms with Gasteiger partial charge in [-0.25, -0.2) is 4.98 Å². The molecule has 0 unspecified atom stereocenters. The minimum absolute atomic E-state index is 0.158. The Bertz CT molecular complexity index is 522. The zero-order valence-corrected chi connectivity index (χ0v) is 10.3. The summed E-state index contributed by atoms with van der Waals surface area (Å²) in [5.74, 6) is 0.943. The fraction of sp³-hybridized carbons (Fsp3) is 0.462. The van der Waals surface area contributed by atoms with Crippen molar-refractivity contribution in [2.45, 2.75) is 25.8 Å². The molecule has 0 bridgehead atoms. The normalized spacial score (nSPS) is 11.2. The predicted octanol–water partition coefficient (Wildman–Crippen LogP) is 0.926. The highest BCUT2D eigenvalue weighted by Crippen LogP contribution is 2.20. The molecule has 0 aliphatic carbocycles. The molecule has 0 aliphatic heterocycles. The van der Waals surface area contributed by atoms with Gasteiger partial charge in [-0.2, -0.15) is 0 Å². The summed E-state index contributed by atoms with van der Waals surface area (Å²) < 4.78 is 2.10. The van der Waals surface area contributed by atoms with E-state index in [1.807, 2.05) is 18.2 Å². The first kappa shape index (κ1) is 12.9. The molecule has 18 heavy (non-hydrogen) atoms. The summed E-state index contributed by atoms with van der Waals surface area (Å²) in [6, 6.07) is 5.67. The van der Waals surface area contributed by atoms with Crippen molar-refractivity contribution in [3.63, 3.8) is 0 Å². The van der Waals surface area contributed by atoms with Crippen LogP contribution >= 0.6 is 0 Å². The molecule has 0 amide bonds. The minimum atomic E-state index is 0.158. The molecule has 5 heteroatoms. The first-order chi connectivity index (χ1) is 8.76. The number of aryl methyl sites for hydroxylation is 2. The highest BCUT2D eigenvalue weighted by molar-refractivity contribution is 5.79. The van der Waals surface area contributed by atoms with Crippen molar-refractivity contribution >= 4 is 16.7 Å². The number of imidazole rings is 1. The first-order valence-electron chi connectivity index (χ1n) is 6.22. The van der Waals surface area contributed by atoms with Gasteiger partial charge in [-0.05, 0) is 31.0 Å². The number of hydrogen-bond donors (Lipinski definition) is 3. The second-order valence-corrected chi connectivity index (χ2v) is 4.33. The van der Waals surface area contributed by atoms with Gasteiger partial charge in [0.15, 0.2) is 0 Å². The molecule has 1 aromatic carbocycles. The lowest BCUT2D eigenvalue weighted by atomic mass is 10.2. The number of benzene rings is 1. The van der Waals surface area contributed by atoms with E-state index in [1.165, 1.54) is 0 Å². The summed E-state index contributed by atoms with van der Waals surface area (Å²) in [4.78, 5) is 4.55. The van der Waals surface area contributed by atoms with Crippen molar-refractivity contribution < 1.29 is 10.2 Å². The largest absolute Gasteiger partial charge is 0.399 e. The monoisotopic (exact) mass is 249 g/mol. The zero-order valence-electron chi connectivity index (χ0n) is 10.3. The quantitative estimate of drug-likeness (QED) is 0.665. The molecule has 0 saturated carbocycles.